The number of carboxylic acids is 1. The van der Waals surface area contributed by atoms with Gasteiger partial charge in [-0.15, -0.1) is 0 Å². The van der Waals surface area contributed by atoms with Crippen LogP contribution < -0.4 is 0 Å². The molecular formula is C20H18N4O3. The van der Waals surface area contributed by atoms with Crippen molar-refractivity contribution in [3.63, 3.8) is 0 Å². The van der Waals surface area contributed by atoms with Crippen LogP contribution in [0.3, 0.4) is 0 Å². The molecule has 7 heteroatoms. The third-order valence-corrected chi connectivity index (χ3v) is 4.92. The highest BCUT2D eigenvalue weighted by atomic mass is 16.4. The van der Waals surface area contributed by atoms with E-state index in [1.165, 1.54) is 0 Å². The monoisotopic (exact) mass is 362 g/mol. The Balaban J connectivity index is 1.59. The quantitative estimate of drug-likeness (QED) is 0.742. The Hall–Kier alpha value is -3.48. The van der Waals surface area contributed by atoms with Gasteiger partial charge in [-0.05, 0) is 23.8 Å². The van der Waals surface area contributed by atoms with Crippen LogP contribution >= 0.6 is 0 Å². The molecule has 1 saturated heterocycles. The minimum atomic E-state index is -0.900. The highest BCUT2D eigenvalue weighted by molar-refractivity contribution is 5.96. The number of carbonyl (C=O) groups is 2. The van der Waals surface area contributed by atoms with Crippen LogP contribution in [0.1, 0.15) is 21.8 Å². The SMILES string of the molecule is O=C(O)[C@H]1CN(C(=O)c2cccc(-c3ncc[nH]3)c2)C[C@@H]1c1cccnc1. The molecule has 2 N–H and O–H groups in total. The van der Waals surface area contributed by atoms with Gasteiger partial charge in [0.05, 0.1) is 5.92 Å². The zero-order valence-electron chi connectivity index (χ0n) is 14.4. The summed E-state index contributed by atoms with van der Waals surface area (Å²) in [6.07, 6.45) is 6.70. The van der Waals surface area contributed by atoms with Crippen molar-refractivity contribution in [1.82, 2.24) is 19.9 Å². The maximum Gasteiger partial charge on any atom is 0.308 e. The summed E-state index contributed by atoms with van der Waals surface area (Å²) in [6.45, 7) is 0.533. The third kappa shape index (κ3) is 3.31. The fraction of sp³-hybridized carbons (Fsp3) is 0.200. The van der Waals surface area contributed by atoms with Gasteiger partial charge in [-0.3, -0.25) is 14.6 Å². The molecule has 27 heavy (non-hydrogen) atoms. The molecule has 0 unspecified atom stereocenters. The van der Waals surface area contributed by atoms with E-state index in [2.05, 4.69) is 15.0 Å². The number of benzene rings is 1. The number of hydrogen-bond donors (Lipinski definition) is 2. The molecule has 3 aromatic rings. The van der Waals surface area contributed by atoms with Gasteiger partial charge < -0.3 is 15.0 Å². The number of carboxylic acid groups (broad SMARTS) is 1. The lowest BCUT2D eigenvalue weighted by molar-refractivity contribution is -0.141. The zero-order valence-corrected chi connectivity index (χ0v) is 14.4. The van der Waals surface area contributed by atoms with Gasteiger partial charge in [-0.2, -0.15) is 0 Å². The van der Waals surface area contributed by atoms with Gasteiger partial charge in [0.2, 0.25) is 0 Å². The fourth-order valence-corrected chi connectivity index (χ4v) is 3.56. The van der Waals surface area contributed by atoms with Gasteiger partial charge in [0.1, 0.15) is 5.82 Å². The number of imidazole rings is 1. The van der Waals surface area contributed by atoms with Gasteiger partial charge >= 0.3 is 5.97 Å². The lowest BCUT2D eigenvalue weighted by Gasteiger charge is -2.17. The number of rotatable bonds is 4. The van der Waals surface area contributed by atoms with E-state index >= 15 is 0 Å². The molecule has 0 saturated carbocycles. The average molecular weight is 362 g/mol. The first-order valence-electron chi connectivity index (χ1n) is 8.65. The molecule has 1 aromatic carbocycles. The molecule has 0 radical (unpaired) electrons. The maximum atomic E-state index is 13.0. The van der Waals surface area contributed by atoms with Crippen molar-refractivity contribution in [3.8, 4) is 11.4 Å². The standard InChI is InChI=1S/C20H18N4O3/c25-19(14-4-1-3-13(9-14)18-22-7-8-23-18)24-11-16(17(12-24)20(26)27)15-5-2-6-21-10-15/h1-10,16-17H,11-12H2,(H,22,23)(H,26,27)/t16-,17+/m1/s1. The largest absolute Gasteiger partial charge is 0.481 e. The van der Waals surface area contributed by atoms with Gasteiger partial charge in [0, 0.05) is 54.9 Å². The van der Waals surface area contributed by atoms with Crippen LogP contribution in [0.4, 0.5) is 0 Å². The van der Waals surface area contributed by atoms with E-state index in [9.17, 15) is 14.7 Å². The van der Waals surface area contributed by atoms with Crippen LogP contribution in [0.15, 0.2) is 61.2 Å². The van der Waals surface area contributed by atoms with Crippen LogP contribution in [-0.2, 0) is 4.79 Å². The molecular weight excluding hydrogens is 344 g/mol. The van der Waals surface area contributed by atoms with Crippen molar-refractivity contribution in [3.05, 3.63) is 72.3 Å². The van der Waals surface area contributed by atoms with Crippen LogP contribution in [0, 0.1) is 5.92 Å². The Morgan fingerprint density at radius 3 is 2.74 bits per heavy atom. The predicted molar refractivity (Wildman–Crippen MR) is 98.0 cm³/mol. The lowest BCUT2D eigenvalue weighted by Crippen LogP contribution is -2.29. The molecule has 2 aromatic heterocycles. The summed E-state index contributed by atoms with van der Waals surface area (Å²) in [6, 6.07) is 10.8. The number of carbonyl (C=O) groups excluding carboxylic acids is 1. The molecule has 3 heterocycles. The highest BCUT2D eigenvalue weighted by Crippen LogP contribution is 2.33. The molecule has 1 amide bonds. The third-order valence-electron chi connectivity index (χ3n) is 4.92. The Labute approximate surface area is 155 Å². The smallest absolute Gasteiger partial charge is 0.308 e. The van der Waals surface area contributed by atoms with E-state index in [1.54, 1.807) is 54.0 Å². The van der Waals surface area contributed by atoms with E-state index in [0.29, 0.717) is 17.9 Å². The topological polar surface area (TPSA) is 99.2 Å². The molecule has 0 aliphatic carbocycles. The molecule has 1 fully saturated rings. The highest BCUT2D eigenvalue weighted by Gasteiger charge is 2.40. The van der Waals surface area contributed by atoms with Gasteiger partial charge in [-0.25, -0.2) is 4.98 Å². The average Bonchev–Trinajstić information content (AvgIpc) is 3.38. The van der Waals surface area contributed by atoms with Crippen molar-refractivity contribution < 1.29 is 14.7 Å². The van der Waals surface area contributed by atoms with Crippen molar-refractivity contribution in [2.45, 2.75) is 5.92 Å². The lowest BCUT2D eigenvalue weighted by atomic mass is 9.90. The number of likely N-dealkylation sites (tertiary alicyclic amines) is 1. The first-order valence-corrected chi connectivity index (χ1v) is 8.65. The Morgan fingerprint density at radius 1 is 1.15 bits per heavy atom. The number of aromatic nitrogens is 3. The molecule has 7 nitrogen and oxygen atoms in total. The number of H-pyrrole nitrogens is 1. The van der Waals surface area contributed by atoms with Crippen molar-refractivity contribution in [2.75, 3.05) is 13.1 Å². The van der Waals surface area contributed by atoms with E-state index in [0.717, 1.165) is 11.1 Å². The molecule has 1 aliphatic heterocycles. The van der Waals surface area contributed by atoms with Gasteiger partial charge in [0.15, 0.2) is 0 Å². The predicted octanol–water partition coefficient (Wildman–Crippen LogP) is 2.41. The second kappa shape index (κ2) is 7.03. The number of amides is 1. The van der Waals surface area contributed by atoms with Crippen molar-refractivity contribution in [1.29, 1.82) is 0 Å². The first kappa shape index (κ1) is 17.0. The minimum absolute atomic E-state index is 0.179. The number of aliphatic carboxylic acids is 1. The number of hydrogen-bond acceptors (Lipinski definition) is 4. The maximum absolute atomic E-state index is 13.0. The summed E-state index contributed by atoms with van der Waals surface area (Å²) >= 11 is 0. The Kier molecular flexibility index (Phi) is 4.42. The van der Waals surface area contributed by atoms with Crippen LogP contribution in [0.2, 0.25) is 0 Å². The molecule has 0 bridgehead atoms. The van der Waals surface area contributed by atoms with E-state index < -0.39 is 11.9 Å². The normalized spacial score (nSPS) is 19.2. The summed E-state index contributed by atoms with van der Waals surface area (Å²) in [5.41, 5.74) is 2.16. The fourth-order valence-electron chi connectivity index (χ4n) is 3.56. The number of nitrogens with one attached hydrogen (secondary N) is 1. The van der Waals surface area contributed by atoms with Crippen molar-refractivity contribution >= 4 is 11.9 Å². The molecule has 136 valence electrons. The second-order valence-electron chi connectivity index (χ2n) is 6.57. The van der Waals surface area contributed by atoms with Crippen LogP contribution in [-0.4, -0.2) is 49.9 Å². The number of aromatic amines is 1. The Morgan fingerprint density at radius 2 is 2.04 bits per heavy atom. The summed E-state index contributed by atoms with van der Waals surface area (Å²) in [4.78, 5) is 37.6. The van der Waals surface area contributed by atoms with Gasteiger partial charge in [0.25, 0.3) is 5.91 Å². The van der Waals surface area contributed by atoms with Crippen LogP contribution in [0.25, 0.3) is 11.4 Å². The summed E-state index contributed by atoms with van der Waals surface area (Å²) < 4.78 is 0. The summed E-state index contributed by atoms with van der Waals surface area (Å²) in [7, 11) is 0. The number of pyridine rings is 1. The molecule has 2 atom stereocenters. The molecule has 1 aliphatic rings. The summed E-state index contributed by atoms with van der Waals surface area (Å²) in [5, 5.41) is 9.61. The second-order valence-corrected chi connectivity index (χ2v) is 6.57. The molecule has 0 spiro atoms. The van der Waals surface area contributed by atoms with E-state index in [4.69, 9.17) is 0 Å². The zero-order chi connectivity index (χ0) is 18.8. The summed E-state index contributed by atoms with van der Waals surface area (Å²) in [5.74, 6) is -1.31. The molecule has 4 rings (SSSR count). The first-order chi connectivity index (χ1) is 13.1. The van der Waals surface area contributed by atoms with Gasteiger partial charge in [-0.1, -0.05) is 18.2 Å². The Bertz CT molecular complexity index is 956. The minimum Gasteiger partial charge on any atom is -0.481 e. The van der Waals surface area contributed by atoms with E-state index in [-0.39, 0.29) is 18.4 Å². The van der Waals surface area contributed by atoms with Crippen LogP contribution in [0.5, 0.6) is 0 Å². The van der Waals surface area contributed by atoms with E-state index in [1.807, 2.05) is 12.1 Å². The number of nitrogens with zero attached hydrogens (tertiary/aromatic N) is 3. The van der Waals surface area contributed by atoms with Crippen molar-refractivity contribution in [2.24, 2.45) is 5.92 Å².